The van der Waals surface area contributed by atoms with Gasteiger partial charge in [-0.2, -0.15) is 13.2 Å². The summed E-state index contributed by atoms with van der Waals surface area (Å²) in [7, 11) is 0. The van der Waals surface area contributed by atoms with Crippen LogP contribution in [0, 0.1) is 0 Å². The molecule has 2 aromatic rings. The minimum atomic E-state index is -4.26. The van der Waals surface area contributed by atoms with Gasteiger partial charge in [0.1, 0.15) is 6.04 Å². The topological polar surface area (TPSA) is 54.8 Å². The highest BCUT2D eigenvalue weighted by Gasteiger charge is 2.46. The summed E-state index contributed by atoms with van der Waals surface area (Å²) in [6, 6.07) is 0.174. The molecule has 3 heterocycles. The summed E-state index contributed by atoms with van der Waals surface area (Å²) in [5.74, 6) is 0.535. The van der Waals surface area contributed by atoms with Gasteiger partial charge in [-0.3, -0.25) is 0 Å². The first kappa shape index (κ1) is 13.7. The molecule has 0 bridgehead atoms. The van der Waals surface area contributed by atoms with E-state index in [0.29, 0.717) is 24.4 Å². The lowest BCUT2D eigenvalue weighted by Crippen LogP contribution is -2.42. The third kappa shape index (κ3) is 2.79. The summed E-state index contributed by atoms with van der Waals surface area (Å²) in [6.07, 6.45) is 2.36. The number of aromatic nitrogens is 4. The minimum Gasteiger partial charge on any atom is -0.329 e. The second kappa shape index (κ2) is 5.27. The van der Waals surface area contributed by atoms with Crippen LogP contribution in [-0.2, 0) is 0 Å². The molecule has 0 radical (unpaired) electrons. The molecule has 0 N–H and O–H groups in total. The lowest BCUT2D eigenvalue weighted by Gasteiger charge is -2.26. The molecule has 2 aromatic heterocycles. The van der Waals surface area contributed by atoms with Crippen LogP contribution in [-0.4, -0.2) is 38.7 Å². The van der Waals surface area contributed by atoms with Gasteiger partial charge < -0.3 is 4.90 Å². The van der Waals surface area contributed by atoms with Gasteiger partial charge in [-0.15, -0.1) is 0 Å². The smallest absolute Gasteiger partial charge is 0.329 e. The van der Waals surface area contributed by atoms with Crippen molar-refractivity contribution in [2.75, 3.05) is 11.4 Å². The second-order valence-corrected chi connectivity index (χ2v) is 4.74. The first-order valence-corrected chi connectivity index (χ1v) is 6.48. The second-order valence-electron chi connectivity index (χ2n) is 4.74. The van der Waals surface area contributed by atoms with Crippen molar-refractivity contribution in [1.29, 1.82) is 0 Å². The Labute approximate surface area is 118 Å². The van der Waals surface area contributed by atoms with Crippen molar-refractivity contribution < 1.29 is 13.2 Å². The predicted octanol–water partition coefficient (Wildman–Crippen LogP) is 2.46. The number of alkyl halides is 3. The van der Waals surface area contributed by atoms with E-state index in [0.717, 1.165) is 0 Å². The first-order chi connectivity index (χ1) is 10.1. The molecular weight excluding hydrogens is 283 g/mol. The van der Waals surface area contributed by atoms with E-state index in [1.807, 2.05) is 0 Å². The summed E-state index contributed by atoms with van der Waals surface area (Å²) in [4.78, 5) is 17.4. The summed E-state index contributed by atoms with van der Waals surface area (Å²) in [6.45, 7) is 0.311. The molecule has 1 saturated heterocycles. The minimum absolute atomic E-state index is 0.0798. The molecular formula is C13H12F3N5. The van der Waals surface area contributed by atoms with Gasteiger partial charge in [0, 0.05) is 31.3 Å². The van der Waals surface area contributed by atoms with Gasteiger partial charge in [0.2, 0.25) is 5.95 Å². The van der Waals surface area contributed by atoms with Crippen molar-refractivity contribution >= 4 is 5.95 Å². The van der Waals surface area contributed by atoms with Crippen LogP contribution in [0.15, 0.2) is 30.9 Å². The molecule has 0 spiro atoms. The van der Waals surface area contributed by atoms with E-state index in [2.05, 4.69) is 19.9 Å². The molecule has 0 saturated carbocycles. The van der Waals surface area contributed by atoms with E-state index in [4.69, 9.17) is 0 Å². The van der Waals surface area contributed by atoms with E-state index in [1.54, 1.807) is 18.5 Å². The van der Waals surface area contributed by atoms with Crippen molar-refractivity contribution in [3.8, 4) is 11.4 Å². The molecule has 1 aliphatic rings. The van der Waals surface area contributed by atoms with Crippen molar-refractivity contribution in [2.24, 2.45) is 0 Å². The number of hydrogen-bond donors (Lipinski definition) is 0. The Bertz CT molecular complexity index is 599. The van der Waals surface area contributed by atoms with Crippen LogP contribution in [0.3, 0.4) is 0 Å². The molecule has 3 rings (SSSR count). The number of anilines is 1. The fourth-order valence-electron chi connectivity index (χ4n) is 2.38. The van der Waals surface area contributed by atoms with Crippen molar-refractivity contribution in [1.82, 2.24) is 19.9 Å². The molecule has 1 atom stereocenters. The Hall–Kier alpha value is -2.25. The van der Waals surface area contributed by atoms with Gasteiger partial charge in [-0.25, -0.2) is 19.9 Å². The highest BCUT2D eigenvalue weighted by Crippen LogP contribution is 2.34. The average Bonchev–Trinajstić information content (AvgIpc) is 2.98. The Morgan fingerprint density at radius 1 is 1.05 bits per heavy atom. The highest BCUT2D eigenvalue weighted by molar-refractivity contribution is 5.52. The first-order valence-electron chi connectivity index (χ1n) is 6.48. The van der Waals surface area contributed by atoms with Gasteiger partial charge in [0.15, 0.2) is 5.82 Å². The largest absolute Gasteiger partial charge is 0.408 e. The van der Waals surface area contributed by atoms with Crippen LogP contribution in [0.4, 0.5) is 19.1 Å². The zero-order chi connectivity index (χ0) is 14.9. The zero-order valence-corrected chi connectivity index (χ0v) is 11.0. The van der Waals surface area contributed by atoms with E-state index >= 15 is 0 Å². The summed E-state index contributed by atoms with van der Waals surface area (Å²) >= 11 is 0. The third-order valence-electron chi connectivity index (χ3n) is 3.35. The van der Waals surface area contributed by atoms with Gasteiger partial charge in [-0.05, 0) is 18.9 Å². The predicted molar refractivity (Wildman–Crippen MR) is 69.5 cm³/mol. The van der Waals surface area contributed by atoms with E-state index in [9.17, 15) is 13.2 Å². The third-order valence-corrected chi connectivity index (χ3v) is 3.35. The summed E-state index contributed by atoms with van der Waals surface area (Å²) in [5.41, 5.74) is 0.571. The maximum atomic E-state index is 12.9. The summed E-state index contributed by atoms with van der Waals surface area (Å²) in [5, 5.41) is 0. The lowest BCUT2D eigenvalue weighted by atomic mass is 10.2. The molecule has 21 heavy (non-hydrogen) atoms. The SMILES string of the molecule is FC(F)(F)[C@H]1CCCN1c1ncc(-c2ncccn2)cn1. The van der Waals surface area contributed by atoms with Gasteiger partial charge in [0.25, 0.3) is 0 Å². The molecule has 5 nitrogen and oxygen atoms in total. The zero-order valence-electron chi connectivity index (χ0n) is 11.0. The average molecular weight is 295 g/mol. The van der Waals surface area contributed by atoms with Gasteiger partial charge >= 0.3 is 6.18 Å². The molecule has 0 aromatic carbocycles. The maximum Gasteiger partial charge on any atom is 0.408 e. The van der Waals surface area contributed by atoms with Crippen molar-refractivity contribution in [3.05, 3.63) is 30.9 Å². The number of nitrogens with zero attached hydrogens (tertiary/aromatic N) is 5. The highest BCUT2D eigenvalue weighted by atomic mass is 19.4. The molecule has 1 fully saturated rings. The van der Waals surface area contributed by atoms with Gasteiger partial charge in [-0.1, -0.05) is 0 Å². The fraction of sp³-hybridized carbons (Fsp3) is 0.385. The Kier molecular flexibility index (Phi) is 3.44. The Morgan fingerprint density at radius 2 is 1.71 bits per heavy atom. The van der Waals surface area contributed by atoms with E-state index < -0.39 is 12.2 Å². The number of hydrogen-bond acceptors (Lipinski definition) is 5. The molecule has 1 aliphatic heterocycles. The summed E-state index contributed by atoms with van der Waals surface area (Å²) < 4.78 is 38.8. The fourth-order valence-corrected chi connectivity index (χ4v) is 2.38. The Balaban J connectivity index is 1.84. The molecule has 110 valence electrons. The Morgan fingerprint density at radius 3 is 2.33 bits per heavy atom. The van der Waals surface area contributed by atoms with Crippen molar-refractivity contribution in [3.63, 3.8) is 0 Å². The van der Waals surface area contributed by atoms with E-state index in [-0.39, 0.29) is 12.4 Å². The van der Waals surface area contributed by atoms with Crippen LogP contribution in [0.1, 0.15) is 12.8 Å². The molecule has 0 unspecified atom stereocenters. The van der Waals surface area contributed by atoms with E-state index in [1.165, 1.54) is 17.3 Å². The van der Waals surface area contributed by atoms with Gasteiger partial charge in [0.05, 0.1) is 5.56 Å². The molecule has 0 amide bonds. The quantitative estimate of drug-likeness (QED) is 0.852. The molecule has 8 heteroatoms. The van der Waals surface area contributed by atoms with Crippen molar-refractivity contribution in [2.45, 2.75) is 25.1 Å². The van der Waals surface area contributed by atoms with Crippen LogP contribution in [0.25, 0.3) is 11.4 Å². The molecule has 0 aliphatic carbocycles. The van der Waals surface area contributed by atoms with Crippen LogP contribution < -0.4 is 4.90 Å². The number of rotatable bonds is 2. The van der Waals surface area contributed by atoms with Crippen LogP contribution in [0.2, 0.25) is 0 Å². The van der Waals surface area contributed by atoms with Crippen LogP contribution in [0.5, 0.6) is 0 Å². The standard InChI is InChI=1S/C13H12F3N5/c14-13(15,16)10-3-1-6-21(10)12-19-7-9(8-20-12)11-17-4-2-5-18-11/h2,4-5,7-8,10H,1,3,6H2/t10-/m1/s1. The lowest BCUT2D eigenvalue weighted by molar-refractivity contribution is -0.146. The van der Waals surface area contributed by atoms with Crippen LogP contribution >= 0.6 is 0 Å². The normalized spacial score (nSPS) is 19.0. The maximum absolute atomic E-state index is 12.9. The number of halogens is 3. The monoisotopic (exact) mass is 295 g/mol.